The number of nitrogens with one attached hydrogen (secondary N) is 1. The van der Waals surface area contributed by atoms with Crippen LogP contribution < -0.4 is 14.8 Å². The van der Waals surface area contributed by atoms with Crippen molar-refractivity contribution in [3.63, 3.8) is 0 Å². The highest BCUT2D eigenvalue weighted by molar-refractivity contribution is 5.94. The molecule has 2 aromatic rings. The number of carbonyl (C=O) groups is 1. The van der Waals surface area contributed by atoms with Crippen LogP contribution in [0.1, 0.15) is 12.5 Å². The lowest BCUT2D eigenvalue weighted by atomic mass is 10.0. The van der Waals surface area contributed by atoms with Crippen molar-refractivity contribution in [2.45, 2.75) is 20.1 Å². The SMILES string of the molecule is CC(=O)Nc1ccc(C)cc1-c1ccc2c(c1)OC(F)(F)O2. The summed E-state index contributed by atoms with van der Waals surface area (Å²) in [5.74, 6) is -0.252. The Morgan fingerprint density at radius 1 is 1.09 bits per heavy atom. The summed E-state index contributed by atoms with van der Waals surface area (Å²) in [6.07, 6.45) is -3.64. The zero-order valence-electron chi connectivity index (χ0n) is 11.9. The number of halogens is 2. The number of aryl methyl sites for hydroxylation is 1. The minimum Gasteiger partial charge on any atom is -0.395 e. The lowest BCUT2D eigenvalue weighted by Gasteiger charge is -2.11. The van der Waals surface area contributed by atoms with Crippen LogP contribution in [0.25, 0.3) is 11.1 Å². The maximum atomic E-state index is 13.1. The van der Waals surface area contributed by atoms with E-state index in [0.717, 1.165) is 11.1 Å². The van der Waals surface area contributed by atoms with Gasteiger partial charge in [-0.25, -0.2) is 0 Å². The molecule has 114 valence electrons. The molecule has 4 nitrogen and oxygen atoms in total. The Hall–Kier alpha value is -2.63. The van der Waals surface area contributed by atoms with Gasteiger partial charge < -0.3 is 14.8 Å². The van der Waals surface area contributed by atoms with Crippen LogP contribution in [0, 0.1) is 6.92 Å². The van der Waals surface area contributed by atoms with Crippen molar-refractivity contribution >= 4 is 11.6 Å². The minimum absolute atomic E-state index is 0.0116. The Kier molecular flexibility index (Phi) is 3.24. The van der Waals surface area contributed by atoms with Crippen molar-refractivity contribution in [3.05, 3.63) is 42.0 Å². The normalized spacial score (nSPS) is 14.7. The molecule has 2 aromatic carbocycles. The van der Waals surface area contributed by atoms with Crippen molar-refractivity contribution in [3.8, 4) is 22.6 Å². The summed E-state index contributed by atoms with van der Waals surface area (Å²) in [7, 11) is 0. The molecular formula is C16H13F2NO3. The first-order chi connectivity index (χ1) is 10.3. The maximum Gasteiger partial charge on any atom is 0.586 e. The second kappa shape index (κ2) is 4.98. The van der Waals surface area contributed by atoms with Crippen LogP contribution in [0.2, 0.25) is 0 Å². The van der Waals surface area contributed by atoms with Gasteiger partial charge in [-0.3, -0.25) is 4.79 Å². The van der Waals surface area contributed by atoms with Gasteiger partial charge >= 0.3 is 6.29 Å². The van der Waals surface area contributed by atoms with E-state index in [9.17, 15) is 13.6 Å². The number of rotatable bonds is 2. The van der Waals surface area contributed by atoms with E-state index < -0.39 is 6.29 Å². The van der Waals surface area contributed by atoms with Gasteiger partial charge in [0.1, 0.15) is 0 Å². The molecule has 0 spiro atoms. The fourth-order valence-electron chi connectivity index (χ4n) is 2.31. The second-order valence-electron chi connectivity index (χ2n) is 5.06. The molecule has 1 aliphatic rings. The Bertz CT molecular complexity index is 759. The van der Waals surface area contributed by atoms with Gasteiger partial charge in [-0.05, 0) is 36.8 Å². The fourth-order valence-corrected chi connectivity index (χ4v) is 2.31. The molecule has 1 aliphatic heterocycles. The van der Waals surface area contributed by atoms with Crippen LogP contribution in [-0.2, 0) is 4.79 Å². The molecule has 0 aliphatic carbocycles. The highest BCUT2D eigenvalue weighted by atomic mass is 19.3. The number of anilines is 1. The highest BCUT2D eigenvalue weighted by Gasteiger charge is 2.43. The Labute approximate surface area is 125 Å². The Morgan fingerprint density at radius 3 is 2.55 bits per heavy atom. The average molecular weight is 305 g/mol. The zero-order chi connectivity index (χ0) is 15.9. The third-order valence-corrected chi connectivity index (χ3v) is 3.20. The standard InChI is InChI=1S/C16H13F2NO3/c1-9-3-5-13(19-10(2)20)12(7-9)11-4-6-14-15(8-11)22-16(17,18)21-14/h3-8H,1-2H3,(H,19,20). The van der Waals surface area contributed by atoms with E-state index in [0.29, 0.717) is 11.3 Å². The molecule has 3 rings (SSSR count). The summed E-state index contributed by atoms with van der Waals surface area (Å²) in [6, 6.07) is 10.0. The number of amides is 1. The van der Waals surface area contributed by atoms with Gasteiger partial charge in [0, 0.05) is 18.2 Å². The van der Waals surface area contributed by atoms with Crippen LogP contribution >= 0.6 is 0 Å². The summed E-state index contributed by atoms with van der Waals surface area (Å²) in [5, 5.41) is 2.72. The predicted octanol–water partition coefficient (Wildman–Crippen LogP) is 3.94. The van der Waals surface area contributed by atoms with Crippen LogP contribution in [0.15, 0.2) is 36.4 Å². The Morgan fingerprint density at radius 2 is 1.82 bits per heavy atom. The van der Waals surface area contributed by atoms with E-state index in [2.05, 4.69) is 14.8 Å². The first-order valence-electron chi connectivity index (χ1n) is 6.62. The van der Waals surface area contributed by atoms with Gasteiger partial charge in [0.2, 0.25) is 5.91 Å². The lowest BCUT2D eigenvalue weighted by Crippen LogP contribution is -2.25. The van der Waals surface area contributed by atoms with Gasteiger partial charge in [0.15, 0.2) is 11.5 Å². The van der Waals surface area contributed by atoms with Crippen molar-refractivity contribution in [2.75, 3.05) is 5.32 Å². The quantitative estimate of drug-likeness (QED) is 0.914. The topological polar surface area (TPSA) is 47.6 Å². The molecule has 0 bridgehead atoms. The summed E-state index contributed by atoms with van der Waals surface area (Å²) in [6.45, 7) is 3.31. The summed E-state index contributed by atoms with van der Waals surface area (Å²) in [5.41, 5.74) is 2.94. The number of ether oxygens (including phenoxy) is 2. The van der Waals surface area contributed by atoms with Crippen molar-refractivity contribution in [1.29, 1.82) is 0 Å². The number of alkyl halides is 2. The predicted molar refractivity (Wildman–Crippen MR) is 77.1 cm³/mol. The third-order valence-electron chi connectivity index (χ3n) is 3.20. The van der Waals surface area contributed by atoms with Crippen molar-refractivity contribution in [1.82, 2.24) is 0 Å². The van der Waals surface area contributed by atoms with Gasteiger partial charge in [-0.15, -0.1) is 8.78 Å². The molecule has 1 N–H and O–H groups in total. The molecule has 22 heavy (non-hydrogen) atoms. The smallest absolute Gasteiger partial charge is 0.395 e. The van der Waals surface area contributed by atoms with E-state index in [1.165, 1.54) is 19.1 Å². The largest absolute Gasteiger partial charge is 0.586 e. The molecule has 0 radical (unpaired) electrons. The van der Waals surface area contributed by atoms with E-state index in [1.54, 1.807) is 12.1 Å². The van der Waals surface area contributed by atoms with Gasteiger partial charge in [-0.1, -0.05) is 17.7 Å². The number of fused-ring (bicyclic) bond motifs is 1. The van der Waals surface area contributed by atoms with Crippen LogP contribution in [0.4, 0.5) is 14.5 Å². The third kappa shape index (κ3) is 2.72. The number of benzene rings is 2. The van der Waals surface area contributed by atoms with Crippen molar-refractivity contribution in [2.24, 2.45) is 0 Å². The maximum absolute atomic E-state index is 13.1. The molecule has 0 atom stereocenters. The summed E-state index contributed by atoms with van der Waals surface area (Å²) >= 11 is 0. The van der Waals surface area contributed by atoms with Gasteiger partial charge in [-0.2, -0.15) is 0 Å². The molecule has 0 aromatic heterocycles. The molecule has 1 heterocycles. The van der Waals surface area contributed by atoms with Gasteiger partial charge in [0.05, 0.1) is 0 Å². The molecule has 0 saturated carbocycles. The number of carbonyl (C=O) groups excluding carboxylic acids is 1. The number of hydrogen-bond acceptors (Lipinski definition) is 3. The molecule has 0 unspecified atom stereocenters. The van der Waals surface area contributed by atoms with Crippen molar-refractivity contribution < 1.29 is 23.0 Å². The average Bonchev–Trinajstić information content (AvgIpc) is 2.73. The summed E-state index contributed by atoms with van der Waals surface area (Å²) < 4.78 is 35.0. The minimum atomic E-state index is -3.64. The summed E-state index contributed by atoms with van der Waals surface area (Å²) in [4.78, 5) is 11.3. The van der Waals surface area contributed by atoms with Crippen LogP contribution in [0.3, 0.4) is 0 Å². The zero-order valence-corrected chi connectivity index (χ0v) is 11.9. The van der Waals surface area contributed by atoms with E-state index >= 15 is 0 Å². The molecular weight excluding hydrogens is 292 g/mol. The molecule has 6 heteroatoms. The first-order valence-corrected chi connectivity index (χ1v) is 6.62. The van der Waals surface area contributed by atoms with E-state index in [-0.39, 0.29) is 17.4 Å². The Balaban J connectivity index is 2.05. The highest BCUT2D eigenvalue weighted by Crippen LogP contribution is 2.43. The molecule has 1 amide bonds. The number of hydrogen-bond donors (Lipinski definition) is 1. The van der Waals surface area contributed by atoms with Gasteiger partial charge in [0.25, 0.3) is 0 Å². The first kappa shape index (κ1) is 14.3. The fraction of sp³-hybridized carbons (Fsp3) is 0.188. The monoisotopic (exact) mass is 305 g/mol. The van der Waals surface area contributed by atoms with Crippen LogP contribution in [0.5, 0.6) is 11.5 Å². The molecule has 0 saturated heterocycles. The van der Waals surface area contributed by atoms with E-state index in [4.69, 9.17) is 0 Å². The van der Waals surface area contributed by atoms with Crippen LogP contribution in [-0.4, -0.2) is 12.2 Å². The lowest BCUT2D eigenvalue weighted by molar-refractivity contribution is -0.286. The van der Waals surface area contributed by atoms with E-state index in [1.807, 2.05) is 19.1 Å². The second-order valence-corrected chi connectivity index (χ2v) is 5.06. The molecule has 0 fully saturated rings.